The van der Waals surface area contributed by atoms with E-state index in [0.717, 1.165) is 22.5 Å². The minimum atomic E-state index is -0.190. The first kappa shape index (κ1) is 27.1. The number of carbonyl (C=O) groups is 2. The van der Waals surface area contributed by atoms with Crippen LogP contribution in [0.2, 0.25) is 0 Å². The van der Waals surface area contributed by atoms with Gasteiger partial charge in [-0.3, -0.25) is 9.59 Å². The predicted molar refractivity (Wildman–Crippen MR) is 163 cm³/mol. The third-order valence-electron chi connectivity index (χ3n) is 6.50. The van der Waals surface area contributed by atoms with Gasteiger partial charge in [0.25, 0.3) is 11.8 Å². The van der Waals surface area contributed by atoms with Crippen molar-refractivity contribution in [1.82, 2.24) is 10.2 Å². The average Bonchev–Trinajstić information content (AvgIpc) is 3.48. The molecular formula is C32H30N6O3. The largest absolute Gasteiger partial charge is 0.416 e. The average molecular weight is 547 g/mol. The normalized spacial score (nSPS) is 10.6. The summed E-state index contributed by atoms with van der Waals surface area (Å²) in [6, 6.07) is 29.2. The lowest BCUT2D eigenvalue weighted by Crippen LogP contribution is -2.13. The quantitative estimate of drug-likeness (QED) is 0.245. The predicted octanol–water partition coefficient (Wildman–Crippen LogP) is 6.04. The number of hydrogen-bond acceptors (Lipinski definition) is 7. The Bertz CT molecular complexity index is 1520. The van der Waals surface area contributed by atoms with Crippen molar-refractivity contribution in [1.29, 1.82) is 0 Å². The van der Waals surface area contributed by atoms with Crippen LogP contribution in [0.25, 0.3) is 22.9 Å². The van der Waals surface area contributed by atoms with Crippen molar-refractivity contribution in [3.8, 4) is 22.9 Å². The highest BCUT2D eigenvalue weighted by atomic mass is 16.4. The highest BCUT2D eigenvalue weighted by Crippen LogP contribution is 2.26. The van der Waals surface area contributed by atoms with E-state index in [1.54, 1.807) is 48.5 Å². The van der Waals surface area contributed by atoms with Crippen LogP contribution < -0.4 is 20.4 Å². The van der Waals surface area contributed by atoms with Gasteiger partial charge in [-0.05, 0) is 97.1 Å². The minimum absolute atomic E-state index is 0.190. The molecular weight excluding hydrogens is 516 g/mol. The van der Waals surface area contributed by atoms with E-state index in [1.165, 1.54) is 0 Å². The molecule has 2 N–H and O–H groups in total. The molecule has 5 aromatic rings. The Morgan fingerprint density at radius 2 is 0.878 bits per heavy atom. The van der Waals surface area contributed by atoms with Crippen molar-refractivity contribution in [2.45, 2.75) is 0 Å². The van der Waals surface area contributed by atoms with Gasteiger partial charge in [0, 0.05) is 73.2 Å². The Morgan fingerprint density at radius 1 is 0.537 bits per heavy atom. The van der Waals surface area contributed by atoms with E-state index in [4.69, 9.17) is 4.42 Å². The molecule has 9 heteroatoms. The molecule has 0 aliphatic heterocycles. The molecule has 0 fully saturated rings. The van der Waals surface area contributed by atoms with E-state index in [1.807, 2.05) is 86.5 Å². The number of carbonyl (C=O) groups excluding carboxylic acids is 2. The molecule has 9 nitrogen and oxygen atoms in total. The molecule has 5 rings (SSSR count). The lowest BCUT2D eigenvalue weighted by Gasteiger charge is -2.12. The third-order valence-corrected chi connectivity index (χ3v) is 6.50. The number of rotatable bonds is 8. The Kier molecular flexibility index (Phi) is 7.78. The second-order valence-corrected chi connectivity index (χ2v) is 9.86. The number of hydrogen-bond donors (Lipinski definition) is 2. The lowest BCUT2D eigenvalue weighted by atomic mass is 10.1. The van der Waals surface area contributed by atoms with E-state index < -0.39 is 0 Å². The summed E-state index contributed by atoms with van der Waals surface area (Å²) in [5.41, 5.74) is 5.95. The Hall–Kier alpha value is -5.44. The van der Waals surface area contributed by atoms with Crippen LogP contribution >= 0.6 is 0 Å². The van der Waals surface area contributed by atoms with E-state index >= 15 is 0 Å². The van der Waals surface area contributed by atoms with Crippen LogP contribution in [0.3, 0.4) is 0 Å². The van der Waals surface area contributed by atoms with Crippen LogP contribution in [-0.4, -0.2) is 50.2 Å². The maximum atomic E-state index is 12.6. The van der Waals surface area contributed by atoms with Crippen molar-refractivity contribution in [3.05, 3.63) is 108 Å². The molecule has 0 aliphatic carbocycles. The van der Waals surface area contributed by atoms with Gasteiger partial charge in [-0.1, -0.05) is 0 Å². The first-order valence-corrected chi connectivity index (χ1v) is 13.0. The van der Waals surface area contributed by atoms with Gasteiger partial charge in [0.1, 0.15) is 0 Å². The summed E-state index contributed by atoms with van der Waals surface area (Å²) in [5, 5.41) is 14.1. The van der Waals surface area contributed by atoms with Gasteiger partial charge in [-0.2, -0.15) is 0 Å². The van der Waals surface area contributed by atoms with E-state index in [9.17, 15) is 9.59 Å². The van der Waals surface area contributed by atoms with Gasteiger partial charge in [0.05, 0.1) is 0 Å². The monoisotopic (exact) mass is 546 g/mol. The molecule has 0 unspecified atom stereocenters. The number of anilines is 4. The fourth-order valence-corrected chi connectivity index (χ4v) is 4.08. The number of nitrogens with one attached hydrogen (secondary N) is 2. The molecule has 0 aliphatic rings. The highest BCUT2D eigenvalue weighted by molar-refractivity contribution is 6.05. The van der Waals surface area contributed by atoms with Gasteiger partial charge < -0.3 is 24.9 Å². The van der Waals surface area contributed by atoms with Crippen LogP contribution in [0.4, 0.5) is 22.7 Å². The molecule has 41 heavy (non-hydrogen) atoms. The minimum Gasteiger partial charge on any atom is -0.416 e. The van der Waals surface area contributed by atoms with Crippen LogP contribution in [0, 0.1) is 0 Å². The van der Waals surface area contributed by atoms with Crippen LogP contribution in [0.15, 0.2) is 101 Å². The number of nitrogens with zero attached hydrogens (tertiary/aromatic N) is 4. The summed E-state index contributed by atoms with van der Waals surface area (Å²) in [6.07, 6.45) is 0. The van der Waals surface area contributed by atoms with E-state index in [0.29, 0.717) is 34.3 Å². The lowest BCUT2D eigenvalue weighted by molar-refractivity contribution is 0.101. The van der Waals surface area contributed by atoms with Gasteiger partial charge in [0.15, 0.2) is 0 Å². The maximum absolute atomic E-state index is 12.6. The molecule has 206 valence electrons. The second kappa shape index (κ2) is 11.7. The summed E-state index contributed by atoms with van der Waals surface area (Å²) in [4.78, 5) is 29.2. The smallest absolute Gasteiger partial charge is 0.255 e. The molecule has 0 spiro atoms. The van der Waals surface area contributed by atoms with Crippen molar-refractivity contribution in [2.24, 2.45) is 0 Å². The number of amides is 2. The summed E-state index contributed by atoms with van der Waals surface area (Å²) in [6.45, 7) is 0. The van der Waals surface area contributed by atoms with Gasteiger partial charge in [-0.25, -0.2) is 0 Å². The SMILES string of the molecule is CN(C)c1ccc(C(=O)Nc2ccc(-c3nnc(-c4ccc(NC(=O)c5ccc(N(C)C)cc5)cc4)o3)cc2)cc1. The van der Waals surface area contributed by atoms with Crippen LogP contribution in [0.5, 0.6) is 0 Å². The molecule has 0 saturated carbocycles. The Morgan fingerprint density at radius 3 is 1.20 bits per heavy atom. The second-order valence-electron chi connectivity index (χ2n) is 9.86. The highest BCUT2D eigenvalue weighted by Gasteiger charge is 2.13. The molecule has 2 amide bonds. The molecule has 4 aromatic carbocycles. The molecule has 0 radical (unpaired) electrons. The third kappa shape index (κ3) is 6.42. The molecule has 1 heterocycles. The molecule has 0 saturated heterocycles. The molecule has 1 aromatic heterocycles. The zero-order valence-corrected chi connectivity index (χ0v) is 23.3. The van der Waals surface area contributed by atoms with Crippen LogP contribution in [0.1, 0.15) is 20.7 Å². The van der Waals surface area contributed by atoms with Gasteiger partial charge in [0.2, 0.25) is 11.8 Å². The first-order chi connectivity index (χ1) is 19.8. The summed E-state index contributed by atoms with van der Waals surface area (Å²) in [7, 11) is 7.81. The summed E-state index contributed by atoms with van der Waals surface area (Å²) < 4.78 is 5.89. The van der Waals surface area contributed by atoms with Crippen LogP contribution in [-0.2, 0) is 0 Å². The van der Waals surface area contributed by atoms with Crippen molar-refractivity contribution < 1.29 is 14.0 Å². The van der Waals surface area contributed by atoms with E-state index in [-0.39, 0.29) is 11.8 Å². The first-order valence-electron chi connectivity index (χ1n) is 13.0. The maximum Gasteiger partial charge on any atom is 0.255 e. The summed E-state index contributed by atoms with van der Waals surface area (Å²) >= 11 is 0. The van der Waals surface area contributed by atoms with Crippen molar-refractivity contribution in [2.75, 3.05) is 48.6 Å². The zero-order valence-electron chi connectivity index (χ0n) is 23.3. The summed E-state index contributed by atoms with van der Waals surface area (Å²) in [5.74, 6) is 0.335. The Balaban J connectivity index is 1.20. The topological polar surface area (TPSA) is 104 Å². The van der Waals surface area contributed by atoms with Gasteiger partial charge in [-0.15, -0.1) is 10.2 Å². The zero-order chi connectivity index (χ0) is 28.9. The van der Waals surface area contributed by atoms with E-state index in [2.05, 4.69) is 20.8 Å². The van der Waals surface area contributed by atoms with Gasteiger partial charge >= 0.3 is 0 Å². The fourth-order valence-electron chi connectivity index (χ4n) is 4.08. The number of aromatic nitrogens is 2. The van der Waals surface area contributed by atoms with Crippen molar-refractivity contribution >= 4 is 34.6 Å². The Labute approximate surface area is 238 Å². The molecule has 0 bridgehead atoms. The standard InChI is InChI=1S/C32H30N6O3/c1-37(2)27-17-9-21(10-18-27)29(39)33-25-13-5-23(6-14-25)31-35-36-32(41-31)24-7-15-26(16-8-24)34-30(40)22-11-19-28(20-12-22)38(3)4/h5-20H,1-4H3,(H,33,39)(H,34,40). The molecule has 0 atom stereocenters. The fraction of sp³-hybridized carbons (Fsp3) is 0.125. The van der Waals surface area contributed by atoms with Crippen molar-refractivity contribution in [3.63, 3.8) is 0 Å². The number of benzene rings is 4.